The van der Waals surface area contributed by atoms with Crippen LogP contribution >= 0.6 is 0 Å². The SMILES string of the molecule is O=C(NC[C@H]1C[C@@H](O)CN1C(=O)c1ccco1)C(CO)c1ccccc1. The number of likely N-dealkylation sites (tertiary alicyclic amines) is 1. The molecule has 1 aliphatic heterocycles. The van der Waals surface area contributed by atoms with E-state index in [1.165, 1.54) is 11.2 Å². The van der Waals surface area contributed by atoms with Gasteiger partial charge < -0.3 is 24.8 Å². The van der Waals surface area contributed by atoms with Gasteiger partial charge in [0, 0.05) is 13.1 Å². The number of hydrogen-bond donors (Lipinski definition) is 3. The highest BCUT2D eigenvalue weighted by Crippen LogP contribution is 2.21. The van der Waals surface area contributed by atoms with Crippen molar-refractivity contribution in [3.05, 3.63) is 60.1 Å². The Morgan fingerprint density at radius 1 is 1.23 bits per heavy atom. The maximum Gasteiger partial charge on any atom is 0.289 e. The number of amides is 2. The maximum atomic E-state index is 12.5. The van der Waals surface area contributed by atoms with Crippen LogP contribution in [0.15, 0.2) is 53.1 Å². The van der Waals surface area contributed by atoms with Crippen LogP contribution in [0.3, 0.4) is 0 Å². The minimum Gasteiger partial charge on any atom is -0.459 e. The van der Waals surface area contributed by atoms with Crippen molar-refractivity contribution in [3.63, 3.8) is 0 Å². The van der Waals surface area contributed by atoms with Crippen LogP contribution in [-0.2, 0) is 4.79 Å². The molecule has 7 nitrogen and oxygen atoms in total. The van der Waals surface area contributed by atoms with Crippen molar-refractivity contribution >= 4 is 11.8 Å². The lowest BCUT2D eigenvalue weighted by molar-refractivity contribution is -0.123. The lowest BCUT2D eigenvalue weighted by atomic mass is 9.99. The zero-order valence-electron chi connectivity index (χ0n) is 14.2. The number of hydrogen-bond acceptors (Lipinski definition) is 5. The molecule has 1 unspecified atom stereocenters. The topological polar surface area (TPSA) is 103 Å². The van der Waals surface area contributed by atoms with Crippen molar-refractivity contribution in [2.75, 3.05) is 19.7 Å². The third kappa shape index (κ3) is 3.95. The van der Waals surface area contributed by atoms with Crippen LogP contribution in [0, 0.1) is 0 Å². The van der Waals surface area contributed by atoms with Gasteiger partial charge in [-0.1, -0.05) is 30.3 Å². The quantitative estimate of drug-likeness (QED) is 0.707. The van der Waals surface area contributed by atoms with E-state index in [0.29, 0.717) is 6.42 Å². The molecule has 3 N–H and O–H groups in total. The first-order chi connectivity index (χ1) is 12.6. The van der Waals surface area contributed by atoms with E-state index >= 15 is 0 Å². The van der Waals surface area contributed by atoms with Crippen molar-refractivity contribution < 1.29 is 24.2 Å². The van der Waals surface area contributed by atoms with E-state index in [1.807, 2.05) is 18.2 Å². The van der Waals surface area contributed by atoms with Crippen LogP contribution in [0.1, 0.15) is 28.5 Å². The smallest absolute Gasteiger partial charge is 0.289 e. The zero-order valence-corrected chi connectivity index (χ0v) is 14.2. The van der Waals surface area contributed by atoms with Crippen LogP contribution in [0.5, 0.6) is 0 Å². The van der Waals surface area contributed by atoms with Crippen LogP contribution in [0.4, 0.5) is 0 Å². The molecule has 2 heterocycles. The average Bonchev–Trinajstić information content (AvgIpc) is 3.30. The van der Waals surface area contributed by atoms with Gasteiger partial charge in [-0.05, 0) is 24.1 Å². The monoisotopic (exact) mass is 358 g/mol. The number of carbonyl (C=O) groups excluding carboxylic acids is 2. The summed E-state index contributed by atoms with van der Waals surface area (Å²) in [7, 11) is 0. The molecule has 0 spiro atoms. The highest BCUT2D eigenvalue weighted by molar-refractivity contribution is 5.92. The summed E-state index contributed by atoms with van der Waals surface area (Å²) >= 11 is 0. The Morgan fingerprint density at radius 2 is 2.00 bits per heavy atom. The molecule has 3 rings (SSSR count). The minimum atomic E-state index is -0.670. The fraction of sp³-hybridized carbons (Fsp3) is 0.368. The van der Waals surface area contributed by atoms with Gasteiger partial charge in [0.1, 0.15) is 0 Å². The van der Waals surface area contributed by atoms with Gasteiger partial charge in [0.25, 0.3) is 5.91 Å². The van der Waals surface area contributed by atoms with E-state index in [2.05, 4.69) is 5.32 Å². The molecule has 1 aromatic heterocycles. The van der Waals surface area contributed by atoms with Gasteiger partial charge in [0.05, 0.1) is 30.9 Å². The summed E-state index contributed by atoms with van der Waals surface area (Å²) in [5.41, 5.74) is 0.725. The number of nitrogens with zero attached hydrogens (tertiary/aromatic N) is 1. The minimum absolute atomic E-state index is 0.197. The third-order valence-corrected chi connectivity index (χ3v) is 4.60. The predicted molar refractivity (Wildman–Crippen MR) is 93.4 cm³/mol. The maximum absolute atomic E-state index is 12.5. The largest absolute Gasteiger partial charge is 0.459 e. The first-order valence-electron chi connectivity index (χ1n) is 8.56. The van der Waals surface area contributed by atoms with Crippen molar-refractivity contribution in [3.8, 4) is 0 Å². The molecule has 0 bridgehead atoms. The summed E-state index contributed by atoms with van der Waals surface area (Å²) < 4.78 is 5.14. The molecule has 3 atom stereocenters. The van der Waals surface area contributed by atoms with E-state index in [0.717, 1.165) is 5.56 Å². The molecule has 138 valence electrons. The van der Waals surface area contributed by atoms with E-state index in [4.69, 9.17) is 4.42 Å². The first-order valence-corrected chi connectivity index (χ1v) is 8.56. The molecule has 1 fully saturated rings. The number of benzene rings is 1. The molecule has 0 aliphatic carbocycles. The molecular formula is C19H22N2O5. The number of rotatable bonds is 6. The predicted octanol–water partition coefficient (Wildman–Crippen LogP) is 0.747. The van der Waals surface area contributed by atoms with Crippen molar-refractivity contribution in [1.82, 2.24) is 10.2 Å². The summed E-state index contributed by atoms with van der Waals surface area (Å²) in [5.74, 6) is -1.09. The van der Waals surface area contributed by atoms with Gasteiger partial charge in [0.2, 0.25) is 5.91 Å². The van der Waals surface area contributed by atoms with E-state index in [1.54, 1.807) is 24.3 Å². The number of aliphatic hydroxyl groups is 2. The molecule has 1 aliphatic rings. The molecule has 7 heteroatoms. The molecule has 2 amide bonds. The number of carbonyl (C=O) groups is 2. The third-order valence-electron chi connectivity index (χ3n) is 4.60. The summed E-state index contributed by atoms with van der Waals surface area (Å²) in [6, 6.07) is 11.9. The van der Waals surface area contributed by atoms with Crippen LogP contribution in [0.25, 0.3) is 0 Å². The lowest BCUT2D eigenvalue weighted by Gasteiger charge is -2.24. The van der Waals surface area contributed by atoms with Crippen LogP contribution in [-0.4, -0.2) is 58.8 Å². The van der Waals surface area contributed by atoms with E-state index in [9.17, 15) is 19.8 Å². The Morgan fingerprint density at radius 3 is 2.65 bits per heavy atom. The highest BCUT2D eigenvalue weighted by atomic mass is 16.3. The first kappa shape index (κ1) is 18.2. The van der Waals surface area contributed by atoms with E-state index < -0.39 is 12.0 Å². The Bertz CT molecular complexity index is 732. The Kier molecular flexibility index (Phi) is 5.70. The fourth-order valence-electron chi connectivity index (χ4n) is 3.24. The van der Waals surface area contributed by atoms with Gasteiger partial charge in [-0.3, -0.25) is 9.59 Å². The molecule has 2 aromatic rings. The lowest BCUT2D eigenvalue weighted by Crippen LogP contribution is -2.44. The van der Waals surface area contributed by atoms with Gasteiger partial charge >= 0.3 is 0 Å². The number of furan rings is 1. The summed E-state index contributed by atoms with van der Waals surface area (Å²) in [6.45, 7) is 0.0893. The molecule has 0 saturated carbocycles. The molecule has 26 heavy (non-hydrogen) atoms. The fourth-order valence-corrected chi connectivity index (χ4v) is 3.24. The summed E-state index contributed by atoms with van der Waals surface area (Å²) in [6.07, 6.45) is 1.16. The molecular weight excluding hydrogens is 336 g/mol. The van der Waals surface area contributed by atoms with Crippen molar-refractivity contribution in [2.45, 2.75) is 24.5 Å². The number of nitrogens with one attached hydrogen (secondary N) is 1. The van der Waals surface area contributed by atoms with Crippen LogP contribution < -0.4 is 5.32 Å². The Balaban J connectivity index is 1.63. The summed E-state index contributed by atoms with van der Waals surface area (Å²) in [5, 5.41) is 22.3. The highest BCUT2D eigenvalue weighted by Gasteiger charge is 2.36. The molecule has 0 radical (unpaired) electrons. The molecule has 1 aromatic carbocycles. The zero-order chi connectivity index (χ0) is 18.5. The average molecular weight is 358 g/mol. The standard InChI is InChI=1S/C19H22N2O5/c22-12-16(13-5-2-1-3-6-13)18(24)20-10-14-9-15(23)11-21(14)19(25)17-7-4-8-26-17/h1-8,14-16,22-23H,9-12H2,(H,20,24)/t14-,15-,16?/m1/s1. The van der Waals surface area contributed by atoms with Crippen molar-refractivity contribution in [2.24, 2.45) is 0 Å². The molecule has 1 saturated heterocycles. The summed E-state index contributed by atoms with van der Waals surface area (Å²) in [4.78, 5) is 26.5. The second kappa shape index (κ2) is 8.16. The Labute approximate surface area is 151 Å². The van der Waals surface area contributed by atoms with Gasteiger partial charge in [-0.2, -0.15) is 0 Å². The number of β-amino-alcohol motifs (C(OH)–C–C–N with tert-alkyl or cyclic N) is 1. The van der Waals surface area contributed by atoms with Gasteiger partial charge in [-0.15, -0.1) is 0 Å². The van der Waals surface area contributed by atoms with E-state index in [-0.39, 0.29) is 43.3 Å². The second-order valence-electron chi connectivity index (χ2n) is 6.37. The Hall–Kier alpha value is -2.64. The number of aliphatic hydroxyl groups excluding tert-OH is 2. The normalized spacial score (nSPS) is 20.8. The second-order valence-corrected chi connectivity index (χ2v) is 6.37. The van der Waals surface area contributed by atoms with Gasteiger partial charge in [0.15, 0.2) is 5.76 Å². The van der Waals surface area contributed by atoms with Crippen molar-refractivity contribution in [1.29, 1.82) is 0 Å². The van der Waals surface area contributed by atoms with Gasteiger partial charge in [-0.25, -0.2) is 0 Å². The van der Waals surface area contributed by atoms with Crippen LogP contribution in [0.2, 0.25) is 0 Å².